The van der Waals surface area contributed by atoms with Gasteiger partial charge in [0.25, 0.3) is 0 Å². The minimum absolute atomic E-state index is 0.125. The van der Waals surface area contributed by atoms with Gasteiger partial charge in [-0.05, 0) is 35.9 Å². The molecule has 0 radical (unpaired) electrons. The maximum absolute atomic E-state index is 12.0. The first kappa shape index (κ1) is 20.3. The van der Waals surface area contributed by atoms with Gasteiger partial charge >= 0.3 is 0 Å². The molecule has 0 unspecified atom stereocenters. The zero-order chi connectivity index (χ0) is 21.9. The van der Waals surface area contributed by atoms with Crippen LogP contribution in [0.1, 0.15) is 11.4 Å². The summed E-state index contributed by atoms with van der Waals surface area (Å²) in [6, 6.07) is 21.9. The van der Waals surface area contributed by atoms with Gasteiger partial charge in [0.15, 0.2) is 5.82 Å². The van der Waals surface area contributed by atoms with Gasteiger partial charge in [-0.3, -0.25) is 4.79 Å². The molecule has 0 atom stereocenters. The molecule has 0 fully saturated rings. The number of hydrogen-bond donors (Lipinski definition) is 1. The highest BCUT2D eigenvalue weighted by atomic mass is 32.2. The van der Waals surface area contributed by atoms with Crippen LogP contribution in [0.2, 0.25) is 0 Å². The van der Waals surface area contributed by atoms with Crippen LogP contribution in [0, 0.1) is 0 Å². The summed E-state index contributed by atoms with van der Waals surface area (Å²) in [5.41, 5.74) is 3.99. The first-order valence-electron chi connectivity index (χ1n) is 10.4. The molecule has 160 valence electrons. The zero-order valence-corrected chi connectivity index (χ0v) is 18.4. The molecule has 7 heteroatoms. The van der Waals surface area contributed by atoms with E-state index in [-0.39, 0.29) is 5.91 Å². The van der Waals surface area contributed by atoms with Crippen LogP contribution >= 0.6 is 11.8 Å². The van der Waals surface area contributed by atoms with Gasteiger partial charge in [0.1, 0.15) is 12.4 Å². The predicted molar refractivity (Wildman–Crippen MR) is 128 cm³/mol. The van der Waals surface area contributed by atoms with Crippen LogP contribution in [0.3, 0.4) is 0 Å². The summed E-state index contributed by atoms with van der Waals surface area (Å²) < 4.78 is 5.95. The number of carbonyl (C=O) groups excluding carboxylic acids is 1. The van der Waals surface area contributed by atoms with Crippen LogP contribution in [-0.4, -0.2) is 28.7 Å². The average Bonchev–Trinajstić information content (AvgIpc) is 2.84. The molecule has 0 spiro atoms. The van der Waals surface area contributed by atoms with Gasteiger partial charge in [-0.15, -0.1) is 11.8 Å². The minimum Gasteiger partial charge on any atom is -0.486 e. The molecule has 5 rings (SSSR count). The minimum atomic E-state index is 0.125. The maximum Gasteiger partial charge on any atom is 0.237 e. The smallest absolute Gasteiger partial charge is 0.237 e. The number of rotatable bonds is 6. The Balaban J connectivity index is 1.25. The molecule has 2 heterocycles. The summed E-state index contributed by atoms with van der Waals surface area (Å²) >= 11 is 1.58. The zero-order valence-electron chi connectivity index (χ0n) is 17.6. The van der Waals surface area contributed by atoms with Crippen molar-refractivity contribution in [1.82, 2.24) is 9.97 Å². The number of fused-ring (bicyclic) bond motifs is 2. The first-order chi connectivity index (χ1) is 15.7. The van der Waals surface area contributed by atoms with E-state index in [1.54, 1.807) is 16.7 Å². The highest BCUT2D eigenvalue weighted by molar-refractivity contribution is 8.00. The molecule has 0 saturated carbocycles. The molecule has 4 aromatic rings. The van der Waals surface area contributed by atoms with Crippen LogP contribution in [0.4, 0.5) is 11.4 Å². The Bertz CT molecular complexity index is 1290. The van der Waals surface area contributed by atoms with Gasteiger partial charge < -0.3 is 15.0 Å². The van der Waals surface area contributed by atoms with Crippen molar-refractivity contribution in [3.8, 4) is 5.75 Å². The molecule has 6 nitrogen and oxygen atoms in total. The lowest BCUT2D eigenvalue weighted by molar-refractivity contribution is -0.116. The highest BCUT2D eigenvalue weighted by Crippen LogP contribution is 2.40. The summed E-state index contributed by atoms with van der Waals surface area (Å²) in [5.74, 6) is 2.01. The number of carbonyl (C=O) groups is 1. The van der Waals surface area contributed by atoms with Gasteiger partial charge in [0, 0.05) is 25.2 Å². The van der Waals surface area contributed by atoms with Crippen LogP contribution in [-0.2, 0) is 17.9 Å². The van der Waals surface area contributed by atoms with E-state index in [2.05, 4.69) is 21.4 Å². The van der Waals surface area contributed by atoms with E-state index in [4.69, 9.17) is 4.74 Å². The van der Waals surface area contributed by atoms with Crippen LogP contribution in [0.5, 0.6) is 5.75 Å². The van der Waals surface area contributed by atoms with E-state index in [9.17, 15) is 4.79 Å². The Labute approximate surface area is 190 Å². The Morgan fingerprint density at radius 1 is 1.09 bits per heavy atom. The van der Waals surface area contributed by atoms with Crippen molar-refractivity contribution in [2.75, 3.05) is 23.0 Å². The number of aromatic nitrogens is 2. The van der Waals surface area contributed by atoms with Crippen LogP contribution in [0.15, 0.2) is 77.8 Å². The number of amides is 1. The summed E-state index contributed by atoms with van der Waals surface area (Å²) in [5, 5.41) is 4.52. The van der Waals surface area contributed by atoms with Crippen LogP contribution < -0.4 is 15.0 Å². The quantitative estimate of drug-likeness (QED) is 0.459. The maximum atomic E-state index is 12.0. The number of anilines is 2. The normalized spacial score (nSPS) is 13.2. The Morgan fingerprint density at radius 2 is 1.97 bits per heavy atom. The van der Waals surface area contributed by atoms with Crippen molar-refractivity contribution in [2.45, 2.75) is 18.0 Å². The SMILES string of the molecule is CN1C(=O)CSc2c(NCc3cccc(OCc4ncc5ccccc5n4)c3)cccc21. The molecular weight excluding hydrogens is 420 g/mol. The number of nitrogens with zero attached hydrogens (tertiary/aromatic N) is 3. The number of nitrogens with one attached hydrogen (secondary N) is 1. The summed E-state index contributed by atoms with van der Waals surface area (Å²) in [4.78, 5) is 23.8. The summed E-state index contributed by atoms with van der Waals surface area (Å²) in [6.07, 6.45) is 1.82. The predicted octanol–water partition coefficient (Wildman–Crippen LogP) is 4.89. The van der Waals surface area contributed by atoms with Crippen molar-refractivity contribution in [3.05, 3.63) is 84.3 Å². The molecule has 32 heavy (non-hydrogen) atoms. The second-order valence-electron chi connectivity index (χ2n) is 7.53. The number of hydrogen-bond acceptors (Lipinski definition) is 6. The van der Waals surface area contributed by atoms with Gasteiger partial charge in [0.05, 0.1) is 27.5 Å². The third-order valence-electron chi connectivity index (χ3n) is 5.36. The van der Waals surface area contributed by atoms with Crippen molar-refractivity contribution < 1.29 is 9.53 Å². The molecule has 3 aromatic carbocycles. The summed E-state index contributed by atoms with van der Waals surface area (Å²) in [6.45, 7) is 0.962. The van der Waals surface area contributed by atoms with E-state index in [1.807, 2.05) is 73.9 Å². The lowest BCUT2D eigenvalue weighted by Crippen LogP contribution is -2.31. The number of benzene rings is 3. The van der Waals surface area contributed by atoms with E-state index >= 15 is 0 Å². The third-order valence-corrected chi connectivity index (χ3v) is 6.47. The largest absolute Gasteiger partial charge is 0.486 e. The molecular formula is C25H22N4O2S. The molecule has 0 saturated heterocycles. The second-order valence-corrected chi connectivity index (χ2v) is 8.52. The first-order valence-corrected chi connectivity index (χ1v) is 11.3. The lowest BCUT2D eigenvalue weighted by atomic mass is 10.2. The fourth-order valence-corrected chi connectivity index (χ4v) is 4.73. The molecule has 1 aromatic heterocycles. The lowest BCUT2D eigenvalue weighted by Gasteiger charge is -2.27. The molecule has 0 bridgehead atoms. The molecule has 1 amide bonds. The van der Waals surface area contributed by atoms with Gasteiger partial charge in [-0.2, -0.15) is 0 Å². The number of para-hydroxylation sites is 1. The molecule has 0 aliphatic carbocycles. The van der Waals surface area contributed by atoms with Crippen molar-refractivity contribution in [2.24, 2.45) is 0 Å². The topological polar surface area (TPSA) is 67.4 Å². The molecule has 1 aliphatic rings. The van der Waals surface area contributed by atoms with Crippen LogP contribution in [0.25, 0.3) is 10.9 Å². The molecule has 1 N–H and O–H groups in total. The monoisotopic (exact) mass is 442 g/mol. The van der Waals surface area contributed by atoms with Crippen molar-refractivity contribution >= 4 is 39.9 Å². The van der Waals surface area contributed by atoms with Gasteiger partial charge in [-0.25, -0.2) is 9.97 Å². The number of thioether (sulfide) groups is 1. The fraction of sp³-hybridized carbons (Fsp3) is 0.160. The Hall–Kier alpha value is -3.58. The average molecular weight is 443 g/mol. The summed E-state index contributed by atoms with van der Waals surface area (Å²) in [7, 11) is 1.82. The standard InChI is InChI=1S/C25H22N4O2S/c1-29-22-11-5-10-21(25(22)32-16-24(29)30)26-13-17-6-4-8-19(12-17)31-15-23-27-14-18-7-2-3-9-20(18)28-23/h2-12,14,26H,13,15-16H2,1H3. The number of ether oxygens (including phenoxy) is 1. The van der Waals surface area contributed by atoms with E-state index in [1.165, 1.54) is 0 Å². The van der Waals surface area contributed by atoms with Gasteiger partial charge in [0.2, 0.25) is 5.91 Å². The third kappa shape index (κ3) is 4.24. The Morgan fingerprint density at radius 3 is 2.91 bits per heavy atom. The Kier molecular flexibility index (Phi) is 5.64. The van der Waals surface area contributed by atoms with E-state index in [0.29, 0.717) is 24.7 Å². The fourth-order valence-electron chi connectivity index (χ4n) is 3.62. The molecule has 1 aliphatic heterocycles. The van der Waals surface area contributed by atoms with Crippen molar-refractivity contribution in [3.63, 3.8) is 0 Å². The van der Waals surface area contributed by atoms with Crippen molar-refractivity contribution in [1.29, 1.82) is 0 Å². The van der Waals surface area contributed by atoms with Gasteiger partial charge in [-0.1, -0.05) is 36.4 Å². The van der Waals surface area contributed by atoms with E-state index < -0.39 is 0 Å². The second kappa shape index (κ2) is 8.88. The highest BCUT2D eigenvalue weighted by Gasteiger charge is 2.23. The van der Waals surface area contributed by atoms with E-state index in [0.717, 1.165) is 38.5 Å².